The third kappa shape index (κ3) is 6.65. The van der Waals surface area contributed by atoms with Gasteiger partial charge >= 0.3 is 0 Å². The summed E-state index contributed by atoms with van der Waals surface area (Å²) >= 11 is 0. The Balaban J connectivity index is 1.48. The number of hydrogen-bond donors (Lipinski definition) is 3. The molecule has 1 spiro atoms. The molecule has 198 valence electrons. The van der Waals surface area contributed by atoms with Crippen LogP contribution in [0.2, 0.25) is 0 Å². The summed E-state index contributed by atoms with van der Waals surface area (Å²) in [6.07, 6.45) is 11.0. The molecule has 1 amide bonds. The number of carbonyl (C=O) groups excluding carboxylic acids is 1. The minimum absolute atomic E-state index is 0.0535. The lowest BCUT2D eigenvalue weighted by Crippen LogP contribution is -2.52. The summed E-state index contributed by atoms with van der Waals surface area (Å²) in [6, 6.07) is 3.80. The van der Waals surface area contributed by atoms with E-state index in [1.165, 1.54) is 0 Å². The number of aromatic nitrogens is 1. The lowest BCUT2D eigenvalue weighted by Gasteiger charge is -2.47. The largest absolute Gasteiger partial charge is 0.471 e. The van der Waals surface area contributed by atoms with Crippen LogP contribution in [0.3, 0.4) is 0 Å². The van der Waals surface area contributed by atoms with Crippen molar-refractivity contribution in [1.29, 1.82) is 0 Å². The fraction of sp³-hybridized carbons (Fsp3) is 0.517. The number of carbonyl (C=O) groups is 1. The quantitative estimate of drug-likeness (QED) is 0.456. The van der Waals surface area contributed by atoms with Gasteiger partial charge in [0.1, 0.15) is 17.2 Å². The molecule has 0 radical (unpaired) electrons. The number of fused-ring (bicyclic) bond motifs is 1. The summed E-state index contributed by atoms with van der Waals surface area (Å²) in [4.78, 5) is 17.3. The van der Waals surface area contributed by atoms with Crippen LogP contribution in [0.25, 0.3) is 0 Å². The molecule has 0 bridgehead atoms. The van der Waals surface area contributed by atoms with Crippen molar-refractivity contribution in [3.8, 4) is 18.2 Å². The van der Waals surface area contributed by atoms with Crippen molar-refractivity contribution in [3.63, 3.8) is 0 Å². The average Bonchev–Trinajstić information content (AvgIpc) is 2.79. The highest BCUT2D eigenvalue weighted by Crippen LogP contribution is 2.48. The standard InChI is InChI=1S/C29H35F2N3O3/c1-5-7-23(34-26(36)19-11-20(30)13-21(31)12-19)25(35)17-32-24-15-29(8-6-9-29)37-27-22(24)10-18(16-33-27)14-28(2,3)4/h1,10-13,16,23-25,32,35H,6-9,14-15,17H2,2-4H3,(H,34,36)/t23-,24-,25+/m0/s1. The molecule has 6 nitrogen and oxygen atoms in total. The Bertz CT molecular complexity index is 1160. The third-order valence-electron chi connectivity index (χ3n) is 7.02. The van der Waals surface area contributed by atoms with Crippen LogP contribution in [-0.4, -0.2) is 40.3 Å². The maximum atomic E-state index is 13.6. The Morgan fingerprint density at radius 1 is 1.27 bits per heavy atom. The predicted molar refractivity (Wildman–Crippen MR) is 137 cm³/mol. The summed E-state index contributed by atoms with van der Waals surface area (Å²) in [5, 5.41) is 17.0. The topological polar surface area (TPSA) is 83.5 Å². The number of terminal acetylenes is 1. The first-order valence-corrected chi connectivity index (χ1v) is 12.8. The highest BCUT2D eigenvalue weighted by molar-refractivity contribution is 5.94. The minimum Gasteiger partial charge on any atom is -0.471 e. The second kappa shape index (κ2) is 10.8. The first-order chi connectivity index (χ1) is 17.5. The molecule has 2 aliphatic rings. The van der Waals surface area contributed by atoms with Crippen molar-refractivity contribution in [1.82, 2.24) is 15.6 Å². The van der Waals surface area contributed by atoms with Gasteiger partial charge in [0.2, 0.25) is 5.88 Å². The van der Waals surface area contributed by atoms with Crippen molar-refractivity contribution in [2.45, 2.75) is 83.1 Å². The Morgan fingerprint density at radius 2 is 1.97 bits per heavy atom. The van der Waals surface area contributed by atoms with Gasteiger partial charge in [-0.15, -0.1) is 12.3 Å². The van der Waals surface area contributed by atoms with Gasteiger partial charge in [-0.25, -0.2) is 13.8 Å². The number of hydrogen-bond acceptors (Lipinski definition) is 5. The number of aliphatic hydroxyl groups excluding tert-OH is 1. The molecule has 3 N–H and O–H groups in total. The fourth-order valence-electron chi connectivity index (χ4n) is 5.10. The molecule has 1 aromatic carbocycles. The van der Waals surface area contributed by atoms with Gasteiger partial charge in [0.05, 0.1) is 12.1 Å². The molecule has 0 unspecified atom stereocenters. The summed E-state index contributed by atoms with van der Waals surface area (Å²) in [7, 11) is 0. The lowest BCUT2D eigenvalue weighted by molar-refractivity contribution is -0.0420. The monoisotopic (exact) mass is 511 g/mol. The van der Waals surface area contributed by atoms with Crippen LogP contribution in [0.1, 0.15) is 80.4 Å². The number of nitrogens with one attached hydrogen (secondary N) is 2. The summed E-state index contributed by atoms with van der Waals surface area (Å²) in [5.41, 5.74) is 1.75. The predicted octanol–water partition coefficient (Wildman–Crippen LogP) is 4.47. The van der Waals surface area contributed by atoms with E-state index >= 15 is 0 Å². The number of halogens is 2. The second-order valence-electron chi connectivity index (χ2n) is 11.5. The van der Waals surface area contributed by atoms with Gasteiger partial charge in [-0.1, -0.05) is 20.8 Å². The summed E-state index contributed by atoms with van der Waals surface area (Å²) < 4.78 is 33.5. The smallest absolute Gasteiger partial charge is 0.251 e. The van der Waals surface area contributed by atoms with Crippen LogP contribution in [0.4, 0.5) is 8.78 Å². The van der Waals surface area contributed by atoms with Crippen molar-refractivity contribution in [2.24, 2.45) is 5.41 Å². The van der Waals surface area contributed by atoms with Crippen LogP contribution in [-0.2, 0) is 6.42 Å². The average molecular weight is 512 g/mol. The highest BCUT2D eigenvalue weighted by Gasteiger charge is 2.46. The van der Waals surface area contributed by atoms with E-state index in [9.17, 15) is 18.7 Å². The fourth-order valence-corrected chi connectivity index (χ4v) is 5.10. The zero-order valence-electron chi connectivity index (χ0n) is 21.6. The normalized spacial score (nSPS) is 19.6. The molecule has 2 heterocycles. The molecule has 2 aromatic rings. The van der Waals surface area contributed by atoms with Crippen LogP contribution < -0.4 is 15.4 Å². The van der Waals surface area contributed by atoms with E-state index in [-0.39, 0.29) is 35.6 Å². The molecular formula is C29H35F2N3O3. The lowest BCUT2D eigenvalue weighted by atomic mass is 9.73. The van der Waals surface area contributed by atoms with E-state index in [1.54, 1.807) is 0 Å². The Hall–Kier alpha value is -3.02. The van der Waals surface area contributed by atoms with Crippen molar-refractivity contribution >= 4 is 5.91 Å². The van der Waals surface area contributed by atoms with Gasteiger partial charge in [0.15, 0.2) is 0 Å². The number of aliphatic hydroxyl groups is 1. The van der Waals surface area contributed by atoms with E-state index in [0.29, 0.717) is 11.9 Å². The zero-order chi connectivity index (χ0) is 26.8. The van der Waals surface area contributed by atoms with E-state index < -0.39 is 29.7 Å². The molecule has 3 atom stereocenters. The summed E-state index contributed by atoms with van der Waals surface area (Å²) in [5.74, 6) is 0.659. The molecule has 4 rings (SSSR count). The van der Waals surface area contributed by atoms with Gasteiger partial charge in [-0.05, 0) is 54.9 Å². The van der Waals surface area contributed by atoms with Crippen LogP contribution in [0.5, 0.6) is 5.88 Å². The maximum Gasteiger partial charge on any atom is 0.251 e. The van der Waals surface area contributed by atoms with Gasteiger partial charge in [-0.2, -0.15) is 0 Å². The van der Waals surface area contributed by atoms with Crippen LogP contribution in [0.15, 0.2) is 30.5 Å². The molecule has 8 heteroatoms. The Morgan fingerprint density at radius 3 is 2.57 bits per heavy atom. The van der Waals surface area contributed by atoms with Crippen molar-refractivity contribution < 1.29 is 23.4 Å². The Kier molecular flexibility index (Phi) is 7.86. The van der Waals surface area contributed by atoms with E-state index in [0.717, 1.165) is 55.4 Å². The van der Waals surface area contributed by atoms with Gasteiger partial charge in [0, 0.05) is 48.8 Å². The Labute approximate surface area is 217 Å². The molecule has 1 saturated carbocycles. The van der Waals surface area contributed by atoms with Crippen molar-refractivity contribution in [3.05, 3.63) is 58.8 Å². The first kappa shape index (κ1) is 27.0. The third-order valence-corrected chi connectivity index (χ3v) is 7.02. The molecule has 1 aromatic heterocycles. The zero-order valence-corrected chi connectivity index (χ0v) is 21.6. The SMILES string of the molecule is C#CC[C@H](NC(=O)c1cc(F)cc(F)c1)[C@H](O)CN[C@H]1CC2(CCC2)Oc2ncc(CC(C)(C)C)cc21. The number of pyridine rings is 1. The second-order valence-corrected chi connectivity index (χ2v) is 11.5. The van der Waals surface area contributed by atoms with Crippen molar-refractivity contribution in [2.75, 3.05) is 6.54 Å². The minimum atomic E-state index is -1.03. The van der Waals surface area contributed by atoms with Gasteiger partial charge < -0.3 is 20.5 Å². The van der Waals surface area contributed by atoms with Gasteiger partial charge in [0.25, 0.3) is 5.91 Å². The van der Waals surface area contributed by atoms with E-state index in [1.807, 2.05) is 6.20 Å². The number of benzene rings is 1. The number of nitrogens with zero attached hydrogens (tertiary/aromatic N) is 1. The molecule has 1 aliphatic carbocycles. The molecule has 0 saturated heterocycles. The number of amides is 1. The first-order valence-electron chi connectivity index (χ1n) is 12.8. The van der Waals surface area contributed by atoms with Crippen LogP contribution >= 0.6 is 0 Å². The van der Waals surface area contributed by atoms with Crippen LogP contribution in [0, 0.1) is 29.4 Å². The van der Waals surface area contributed by atoms with E-state index in [4.69, 9.17) is 11.2 Å². The molecule has 37 heavy (non-hydrogen) atoms. The molecule has 1 fully saturated rings. The number of rotatable bonds is 8. The summed E-state index contributed by atoms with van der Waals surface area (Å²) in [6.45, 7) is 6.68. The highest BCUT2D eigenvalue weighted by atomic mass is 19.1. The van der Waals surface area contributed by atoms with E-state index in [2.05, 4.69) is 48.4 Å². The number of ether oxygens (including phenoxy) is 1. The van der Waals surface area contributed by atoms with Gasteiger partial charge in [-0.3, -0.25) is 4.79 Å². The molecule has 1 aliphatic heterocycles. The maximum absolute atomic E-state index is 13.6. The molecular weight excluding hydrogens is 476 g/mol.